The predicted octanol–water partition coefficient (Wildman–Crippen LogP) is 5.76. The maximum absolute atomic E-state index is 11.8. The summed E-state index contributed by atoms with van der Waals surface area (Å²) in [5.74, 6) is -0.529. The van der Waals surface area contributed by atoms with Crippen LogP contribution in [0, 0.1) is 0 Å². The van der Waals surface area contributed by atoms with Crippen molar-refractivity contribution in [3.8, 4) is 0 Å². The number of carbonyl (C=O) groups excluding carboxylic acids is 1. The molecule has 0 unspecified atom stereocenters. The maximum atomic E-state index is 11.8. The van der Waals surface area contributed by atoms with Gasteiger partial charge in [-0.15, -0.1) is 0 Å². The summed E-state index contributed by atoms with van der Waals surface area (Å²) in [5.41, 5.74) is 8.29. The maximum Gasteiger partial charge on any atom is 0.267 e. The van der Waals surface area contributed by atoms with Crippen LogP contribution in [0.4, 0.5) is 0 Å². The highest BCUT2D eigenvalue weighted by atomic mass is 16.5. The van der Waals surface area contributed by atoms with E-state index in [0.29, 0.717) is 6.42 Å². The third kappa shape index (κ3) is 9.07. The number of hydroxylamine groups is 1. The second-order valence-electron chi connectivity index (χ2n) is 8.89. The third-order valence-corrected chi connectivity index (χ3v) is 6.08. The fourth-order valence-corrected chi connectivity index (χ4v) is 4.14. The summed E-state index contributed by atoms with van der Waals surface area (Å²) in [5, 5.41) is 16.6. The van der Waals surface area contributed by atoms with Crippen LogP contribution < -0.4 is 16.1 Å². The zero-order valence-electron chi connectivity index (χ0n) is 22.2. The quantitative estimate of drug-likeness (QED) is 0.0768. The van der Waals surface area contributed by atoms with Crippen molar-refractivity contribution in [1.82, 2.24) is 21.1 Å². The molecule has 1 heterocycles. The molecule has 0 saturated heterocycles. The molecule has 0 spiro atoms. The van der Waals surface area contributed by atoms with Crippen LogP contribution in [0.5, 0.6) is 0 Å². The predicted molar refractivity (Wildman–Crippen MR) is 157 cm³/mol. The molecule has 0 saturated carbocycles. The van der Waals surface area contributed by atoms with E-state index < -0.39 is 5.91 Å². The van der Waals surface area contributed by atoms with Crippen LogP contribution >= 0.6 is 0 Å². The van der Waals surface area contributed by atoms with Crippen molar-refractivity contribution < 1.29 is 10.0 Å². The molecular formula is C32H38N4O2. The first-order valence-electron chi connectivity index (χ1n) is 13.0. The molecule has 0 radical (unpaired) electrons. The van der Waals surface area contributed by atoms with Gasteiger partial charge in [-0.05, 0) is 72.0 Å². The van der Waals surface area contributed by atoms with Crippen LogP contribution in [0.3, 0.4) is 0 Å². The molecule has 0 aliphatic rings. The number of benzene rings is 3. The number of hydrogen-bond donors (Lipinski definition) is 5. The van der Waals surface area contributed by atoms with Gasteiger partial charge in [0.25, 0.3) is 5.91 Å². The Bertz CT molecular complexity index is 1300. The molecule has 1 aromatic heterocycles. The molecular weight excluding hydrogens is 472 g/mol. The first kappa shape index (κ1) is 28.4. The highest BCUT2D eigenvalue weighted by Gasteiger charge is 2.07. The molecule has 1 amide bonds. The van der Waals surface area contributed by atoms with E-state index in [4.69, 9.17) is 5.21 Å². The zero-order chi connectivity index (χ0) is 27.0. The topological polar surface area (TPSA) is 89.2 Å². The Morgan fingerprint density at radius 1 is 0.947 bits per heavy atom. The van der Waals surface area contributed by atoms with Gasteiger partial charge in [0.15, 0.2) is 0 Å². The van der Waals surface area contributed by atoms with E-state index in [9.17, 15) is 4.79 Å². The van der Waals surface area contributed by atoms with E-state index in [0.717, 1.165) is 42.6 Å². The SMILES string of the molecule is CC/C=C\NC.O=C(/C=C(\Cc1ccccc1)c1ccc(CNCCc2cccc3[nH]ccc23)cc1)NO. The van der Waals surface area contributed by atoms with E-state index in [1.165, 1.54) is 28.1 Å². The number of H-pyrrole nitrogens is 1. The lowest BCUT2D eigenvalue weighted by atomic mass is 9.96. The van der Waals surface area contributed by atoms with Crippen LogP contribution in [0.15, 0.2) is 103 Å². The van der Waals surface area contributed by atoms with E-state index >= 15 is 0 Å². The number of rotatable bonds is 11. The van der Waals surface area contributed by atoms with Gasteiger partial charge in [-0.25, -0.2) is 5.48 Å². The van der Waals surface area contributed by atoms with Gasteiger partial charge in [-0.2, -0.15) is 0 Å². The fourth-order valence-electron chi connectivity index (χ4n) is 4.14. The van der Waals surface area contributed by atoms with E-state index in [-0.39, 0.29) is 0 Å². The number of hydrogen-bond acceptors (Lipinski definition) is 4. The first-order valence-corrected chi connectivity index (χ1v) is 13.0. The van der Waals surface area contributed by atoms with Crippen molar-refractivity contribution in [2.75, 3.05) is 13.6 Å². The van der Waals surface area contributed by atoms with Gasteiger partial charge in [-0.1, -0.05) is 79.7 Å². The molecule has 6 heteroatoms. The molecule has 0 bridgehead atoms. The van der Waals surface area contributed by atoms with Gasteiger partial charge in [0.1, 0.15) is 0 Å². The molecule has 198 valence electrons. The lowest BCUT2D eigenvalue weighted by Crippen LogP contribution is -2.17. The largest absolute Gasteiger partial charge is 0.394 e. The Labute approximate surface area is 225 Å². The van der Waals surface area contributed by atoms with Gasteiger partial charge in [0, 0.05) is 36.8 Å². The van der Waals surface area contributed by atoms with Crippen LogP contribution in [-0.4, -0.2) is 29.7 Å². The molecule has 3 aromatic carbocycles. The number of carbonyl (C=O) groups is 1. The van der Waals surface area contributed by atoms with Crippen molar-refractivity contribution in [3.05, 3.63) is 126 Å². The van der Waals surface area contributed by atoms with Gasteiger partial charge >= 0.3 is 0 Å². The van der Waals surface area contributed by atoms with Crippen LogP contribution in [0.2, 0.25) is 0 Å². The first-order chi connectivity index (χ1) is 18.6. The number of fused-ring (bicyclic) bond motifs is 1. The minimum Gasteiger partial charge on any atom is -0.394 e. The van der Waals surface area contributed by atoms with Crippen molar-refractivity contribution in [2.24, 2.45) is 0 Å². The Balaban J connectivity index is 0.000000599. The smallest absolute Gasteiger partial charge is 0.267 e. The number of aromatic amines is 1. The molecule has 0 aliphatic carbocycles. The lowest BCUT2D eigenvalue weighted by molar-refractivity contribution is -0.124. The molecule has 4 aromatic rings. The van der Waals surface area contributed by atoms with Crippen molar-refractivity contribution in [2.45, 2.75) is 32.7 Å². The Morgan fingerprint density at radius 3 is 2.42 bits per heavy atom. The summed E-state index contributed by atoms with van der Waals surface area (Å²) in [6.07, 6.45) is 10.1. The Morgan fingerprint density at radius 2 is 1.74 bits per heavy atom. The summed E-state index contributed by atoms with van der Waals surface area (Å²) in [6, 6.07) is 26.7. The molecule has 6 nitrogen and oxygen atoms in total. The van der Waals surface area contributed by atoms with Gasteiger partial charge in [0.05, 0.1) is 0 Å². The monoisotopic (exact) mass is 510 g/mol. The van der Waals surface area contributed by atoms with Crippen molar-refractivity contribution in [3.63, 3.8) is 0 Å². The average molecular weight is 511 g/mol. The van der Waals surface area contributed by atoms with E-state index in [1.54, 1.807) is 5.48 Å². The highest BCUT2D eigenvalue weighted by molar-refractivity contribution is 5.94. The fraction of sp³-hybridized carbons (Fsp3) is 0.219. The van der Waals surface area contributed by atoms with Crippen molar-refractivity contribution in [1.29, 1.82) is 0 Å². The van der Waals surface area contributed by atoms with Crippen LogP contribution in [0.25, 0.3) is 16.5 Å². The standard InChI is InChI=1S/C27H27N3O2.C5H11N/c31-27(30-32)18-24(17-20-5-2-1-3-6-20)22-11-9-21(10-12-22)19-28-15-13-23-7-4-8-26-25(23)14-16-29-26;1-3-4-5-6-2/h1-12,14,16,18,28-29,32H,13,15,17,19H2,(H,30,31);4-6H,3H2,1-2H3/b24-18+;5-4-. The molecule has 5 N–H and O–H groups in total. The molecule has 0 aliphatic heterocycles. The Hall–Kier alpha value is -4.13. The minimum atomic E-state index is -0.529. The average Bonchev–Trinajstić information content (AvgIpc) is 3.45. The summed E-state index contributed by atoms with van der Waals surface area (Å²) in [4.78, 5) is 15.0. The van der Waals surface area contributed by atoms with Gasteiger partial charge in [-0.3, -0.25) is 10.0 Å². The molecule has 0 atom stereocenters. The highest BCUT2D eigenvalue weighted by Crippen LogP contribution is 2.21. The molecule has 38 heavy (non-hydrogen) atoms. The molecule has 0 fully saturated rings. The van der Waals surface area contributed by atoms with Gasteiger partial charge < -0.3 is 15.6 Å². The summed E-state index contributed by atoms with van der Waals surface area (Å²) >= 11 is 0. The summed E-state index contributed by atoms with van der Waals surface area (Å²) < 4.78 is 0. The van der Waals surface area contributed by atoms with Gasteiger partial charge in [0.2, 0.25) is 0 Å². The second-order valence-corrected chi connectivity index (χ2v) is 8.89. The van der Waals surface area contributed by atoms with Crippen LogP contribution in [-0.2, 0) is 24.2 Å². The minimum absolute atomic E-state index is 0.529. The summed E-state index contributed by atoms with van der Waals surface area (Å²) in [6.45, 7) is 3.77. The lowest BCUT2D eigenvalue weighted by Gasteiger charge is -2.10. The normalized spacial score (nSPS) is 11.3. The second kappa shape index (κ2) is 15.9. The number of aromatic nitrogens is 1. The van der Waals surface area contributed by atoms with Crippen LogP contribution in [0.1, 0.15) is 35.6 Å². The third-order valence-electron chi connectivity index (χ3n) is 6.08. The molecule has 4 rings (SSSR count). The van der Waals surface area contributed by atoms with E-state index in [2.05, 4.69) is 65.0 Å². The summed E-state index contributed by atoms with van der Waals surface area (Å²) in [7, 11) is 1.90. The zero-order valence-corrected chi connectivity index (χ0v) is 22.2. The number of allylic oxidation sites excluding steroid dienone is 2. The number of nitrogens with one attached hydrogen (secondary N) is 4. The Kier molecular flexibility index (Phi) is 11.9. The number of amides is 1. The van der Waals surface area contributed by atoms with E-state index in [1.807, 2.05) is 61.9 Å². The van der Waals surface area contributed by atoms with Crippen molar-refractivity contribution >= 4 is 22.4 Å².